The molecule has 2 unspecified atom stereocenters. The molecule has 1 N–H and O–H groups in total. The van der Waals surface area contributed by atoms with Crippen molar-refractivity contribution in [2.75, 3.05) is 18.5 Å². The second-order valence-corrected chi connectivity index (χ2v) is 6.89. The monoisotopic (exact) mass is 365 g/mol. The number of rotatable bonds is 5. The molecule has 2 atom stereocenters. The van der Waals surface area contributed by atoms with Crippen molar-refractivity contribution in [2.45, 2.75) is 30.8 Å². The molecule has 0 bridgehead atoms. The van der Waals surface area contributed by atoms with E-state index in [-0.39, 0.29) is 17.6 Å². The van der Waals surface area contributed by atoms with Gasteiger partial charge >= 0.3 is 0 Å². The highest BCUT2D eigenvalue weighted by molar-refractivity contribution is 5.30. The molecule has 1 aliphatic heterocycles. The molecule has 27 heavy (non-hydrogen) atoms. The minimum Gasteiger partial charge on any atom is -0.377 e. The van der Waals surface area contributed by atoms with E-state index >= 15 is 0 Å². The third kappa shape index (κ3) is 3.21. The van der Waals surface area contributed by atoms with Crippen LogP contribution in [0.15, 0.2) is 47.8 Å². The second kappa shape index (κ2) is 6.58. The first-order chi connectivity index (χ1) is 13.3. The van der Waals surface area contributed by atoms with E-state index in [1.54, 1.807) is 23.1 Å². The zero-order chi connectivity index (χ0) is 18.2. The molecular formula is C18H19N7O2. The summed E-state index contributed by atoms with van der Waals surface area (Å²) in [6.45, 7) is 0.853. The van der Waals surface area contributed by atoms with Gasteiger partial charge in [-0.25, -0.2) is 19.3 Å². The first-order valence-corrected chi connectivity index (χ1v) is 9.04. The van der Waals surface area contributed by atoms with Gasteiger partial charge in [-0.1, -0.05) is 0 Å². The lowest BCUT2D eigenvalue weighted by Crippen LogP contribution is -2.38. The third-order valence-corrected chi connectivity index (χ3v) is 4.95. The standard InChI is InChI=1S/C18H19N7O2/c26-17-5-4-16(24-7-1-6-21-24)23-25(17)15-11-27-10-14(15)22-18-19-8-13(9-20-18)12-2-3-12/h1,4-9,12,14-15H,2-3,10-11H2,(H,19,20,22). The first kappa shape index (κ1) is 16.1. The Labute approximate surface area is 155 Å². The Morgan fingerprint density at radius 2 is 2.00 bits per heavy atom. The topological polar surface area (TPSA) is 99.8 Å². The number of nitrogens with one attached hydrogen (secondary N) is 1. The smallest absolute Gasteiger partial charge is 0.267 e. The Morgan fingerprint density at radius 3 is 2.74 bits per heavy atom. The summed E-state index contributed by atoms with van der Waals surface area (Å²) in [5.74, 6) is 1.74. The van der Waals surface area contributed by atoms with Crippen LogP contribution in [0.25, 0.3) is 5.82 Å². The van der Waals surface area contributed by atoms with Gasteiger partial charge in [0.25, 0.3) is 5.56 Å². The van der Waals surface area contributed by atoms with Gasteiger partial charge in [0.1, 0.15) is 6.04 Å². The molecule has 1 saturated carbocycles. The highest BCUT2D eigenvalue weighted by Gasteiger charge is 2.32. The van der Waals surface area contributed by atoms with E-state index in [9.17, 15) is 4.79 Å². The molecule has 3 aromatic heterocycles. The molecule has 9 nitrogen and oxygen atoms in total. The fraction of sp³-hybridized carbons (Fsp3) is 0.389. The summed E-state index contributed by atoms with van der Waals surface area (Å²) in [5.41, 5.74) is 1.00. The summed E-state index contributed by atoms with van der Waals surface area (Å²) in [5, 5.41) is 11.9. The lowest BCUT2D eigenvalue weighted by atomic mass is 10.2. The van der Waals surface area contributed by atoms with Crippen molar-refractivity contribution in [2.24, 2.45) is 0 Å². The minimum absolute atomic E-state index is 0.144. The summed E-state index contributed by atoms with van der Waals surface area (Å²) < 4.78 is 8.69. The minimum atomic E-state index is -0.250. The normalized spacial score (nSPS) is 22.1. The lowest BCUT2D eigenvalue weighted by Gasteiger charge is -2.20. The summed E-state index contributed by atoms with van der Waals surface area (Å²) >= 11 is 0. The van der Waals surface area contributed by atoms with Gasteiger partial charge < -0.3 is 10.1 Å². The molecule has 9 heteroatoms. The van der Waals surface area contributed by atoms with E-state index in [0.29, 0.717) is 30.9 Å². The zero-order valence-corrected chi connectivity index (χ0v) is 14.6. The molecule has 4 heterocycles. The summed E-state index contributed by atoms with van der Waals surface area (Å²) in [4.78, 5) is 21.2. The Balaban J connectivity index is 1.39. The van der Waals surface area contributed by atoms with Crippen molar-refractivity contribution in [1.82, 2.24) is 29.5 Å². The van der Waals surface area contributed by atoms with Gasteiger partial charge in [-0.2, -0.15) is 5.10 Å². The van der Waals surface area contributed by atoms with E-state index in [1.807, 2.05) is 18.5 Å². The molecule has 2 aliphatic rings. The van der Waals surface area contributed by atoms with E-state index in [4.69, 9.17) is 4.74 Å². The zero-order valence-electron chi connectivity index (χ0n) is 14.6. The van der Waals surface area contributed by atoms with E-state index in [0.717, 1.165) is 0 Å². The van der Waals surface area contributed by atoms with Gasteiger partial charge in [0.05, 0.1) is 19.3 Å². The Hall–Kier alpha value is -3.07. The predicted molar refractivity (Wildman–Crippen MR) is 96.9 cm³/mol. The van der Waals surface area contributed by atoms with Crippen LogP contribution in [-0.4, -0.2) is 48.8 Å². The van der Waals surface area contributed by atoms with E-state index in [2.05, 4.69) is 25.5 Å². The number of hydrogen-bond donors (Lipinski definition) is 1. The largest absolute Gasteiger partial charge is 0.377 e. The van der Waals surface area contributed by atoms with Crippen LogP contribution in [0.4, 0.5) is 5.95 Å². The number of ether oxygens (including phenoxy) is 1. The third-order valence-electron chi connectivity index (χ3n) is 4.95. The molecule has 0 radical (unpaired) electrons. The van der Waals surface area contributed by atoms with Crippen molar-refractivity contribution in [1.29, 1.82) is 0 Å². The van der Waals surface area contributed by atoms with Crippen LogP contribution >= 0.6 is 0 Å². The molecule has 5 rings (SSSR count). The molecule has 1 aliphatic carbocycles. The van der Waals surface area contributed by atoms with Crippen molar-refractivity contribution in [3.8, 4) is 5.82 Å². The quantitative estimate of drug-likeness (QED) is 0.724. The average molecular weight is 365 g/mol. The molecule has 0 amide bonds. The van der Waals surface area contributed by atoms with Crippen LogP contribution in [0.5, 0.6) is 0 Å². The van der Waals surface area contributed by atoms with E-state index < -0.39 is 0 Å². The van der Waals surface area contributed by atoms with Gasteiger partial charge in [0.15, 0.2) is 5.82 Å². The number of hydrogen-bond acceptors (Lipinski definition) is 7. The van der Waals surface area contributed by atoms with Gasteiger partial charge in [-0.05, 0) is 36.5 Å². The Bertz CT molecular complexity index is 980. The van der Waals surface area contributed by atoms with Crippen molar-refractivity contribution >= 4 is 5.95 Å². The van der Waals surface area contributed by atoms with Crippen LogP contribution in [0.3, 0.4) is 0 Å². The fourth-order valence-corrected chi connectivity index (χ4v) is 3.31. The average Bonchev–Trinajstić information content (AvgIpc) is 3.20. The van der Waals surface area contributed by atoms with Gasteiger partial charge in [0.2, 0.25) is 5.95 Å². The van der Waals surface area contributed by atoms with Crippen LogP contribution in [0, 0.1) is 0 Å². The van der Waals surface area contributed by atoms with Crippen molar-refractivity contribution in [3.05, 3.63) is 58.9 Å². The van der Waals surface area contributed by atoms with Crippen LogP contribution in [-0.2, 0) is 4.74 Å². The van der Waals surface area contributed by atoms with Crippen LogP contribution in [0.2, 0.25) is 0 Å². The van der Waals surface area contributed by atoms with Gasteiger partial charge in [-0.3, -0.25) is 4.79 Å². The highest BCUT2D eigenvalue weighted by atomic mass is 16.5. The van der Waals surface area contributed by atoms with Crippen LogP contribution in [0.1, 0.15) is 30.4 Å². The molecule has 0 spiro atoms. The van der Waals surface area contributed by atoms with Crippen molar-refractivity contribution < 1.29 is 4.74 Å². The number of nitrogens with zero attached hydrogens (tertiary/aromatic N) is 6. The maximum absolute atomic E-state index is 12.4. The highest BCUT2D eigenvalue weighted by Crippen LogP contribution is 2.39. The molecule has 2 fully saturated rings. The summed E-state index contributed by atoms with van der Waals surface area (Å²) in [6.07, 6.45) is 9.64. The first-order valence-electron chi connectivity index (χ1n) is 9.04. The van der Waals surface area contributed by atoms with Gasteiger partial charge in [-0.15, -0.1) is 5.10 Å². The van der Waals surface area contributed by atoms with Crippen LogP contribution < -0.4 is 10.9 Å². The maximum atomic E-state index is 12.4. The molecular weight excluding hydrogens is 346 g/mol. The predicted octanol–water partition coefficient (Wildman–Crippen LogP) is 1.15. The summed E-state index contributed by atoms with van der Waals surface area (Å²) in [6, 6.07) is 4.57. The van der Waals surface area contributed by atoms with Crippen molar-refractivity contribution in [3.63, 3.8) is 0 Å². The Morgan fingerprint density at radius 1 is 1.15 bits per heavy atom. The molecule has 1 saturated heterocycles. The molecule has 138 valence electrons. The SMILES string of the molecule is O=c1ccc(-n2cccn2)nn1C1COCC1Nc1ncc(C2CC2)cn1. The number of anilines is 1. The van der Waals surface area contributed by atoms with Gasteiger partial charge in [0, 0.05) is 30.9 Å². The molecule has 3 aromatic rings. The Kier molecular flexibility index (Phi) is 3.93. The second-order valence-electron chi connectivity index (χ2n) is 6.89. The number of aromatic nitrogens is 6. The lowest BCUT2D eigenvalue weighted by molar-refractivity contribution is 0.182. The van der Waals surface area contributed by atoms with E-state index in [1.165, 1.54) is 29.2 Å². The molecule has 0 aromatic carbocycles. The maximum Gasteiger partial charge on any atom is 0.267 e. The fourth-order valence-electron chi connectivity index (χ4n) is 3.31. The summed E-state index contributed by atoms with van der Waals surface area (Å²) in [7, 11) is 0.